The van der Waals surface area contributed by atoms with Crippen LogP contribution in [0.15, 0.2) is 54.9 Å². The van der Waals surface area contributed by atoms with Crippen LogP contribution in [0.1, 0.15) is 23.0 Å². The number of amides is 1. The summed E-state index contributed by atoms with van der Waals surface area (Å²) in [6.07, 6.45) is 4.47. The molecule has 1 aromatic carbocycles. The second-order valence-electron chi connectivity index (χ2n) is 6.80. The summed E-state index contributed by atoms with van der Waals surface area (Å²) in [4.78, 5) is 25.3. The van der Waals surface area contributed by atoms with Crippen LogP contribution in [0.25, 0.3) is 0 Å². The van der Waals surface area contributed by atoms with Gasteiger partial charge in [0.05, 0.1) is 0 Å². The fourth-order valence-corrected chi connectivity index (χ4v) is 3.22. The molecule has 0 radical (unpaired) electrons. The molecule has 3 aromatic rings. The van der Waals surface area contributed by atoms with Crippen molar-refractivity contribution in [3.8, 4) is 0 Å². The van der Waals surface area contributed by atoms with Gasteiger partial charge in [-0.05, 0) is 42.3 Å². The van der Waals surface area contributed by atoms with E-state index in [-0.39, 0.29) is 5.91 Å². The van der Waals surface area contributed by atoms with Gasteiger partial charge in [-0.25, -0.2) is 9.97 Å². The molecule has 0 saturated carbocycles. The highest BCUT2D eigenvalue weighted by Crippen LogP contribution is 2.16. The number of aromatic nitrogens is 4. The molecule has 1 fully saturated rings. The number of anilines is 3. The molecule has 148 valence electrons. The molecule has 0 spiro atoms. The normalized spacial score (nSPS) is 14.0. The van der Waals surface area contributed by atoms with Crippen molar-refractivity contribution in [2.75, 3.05) is 41.3 Å². The van der Waals surface area contributed by atoms with Crippen LogP contribution in [-0.4, -0.2) is 52.3 Å². The Morgan fingerprint density at radius 3 is 2.24 bits per heavy atom. The standard InChI is InChI=1S/C21H23N7O/c1-2-16-4-6-17(7-5-16)24-20(29)18-8-9-19(26-25-18)27-12-14-28(15-13-27)21-22-10-3-11-23-21/h3-11H,2,12-15H2,1H3,(H,24,29). The van der Waals surface area contributed by atoms with Crippen LogP contribution >= 0.6 is 0 Å². The zero-order valence-electron chi connectivity index (χ0n) is 16.3. The zero-order chi connectivity index (χ0) is 20.1. The molecule has 1 aliphatic rings. The van der Waals surface area contributed by atoms with Gasteiger partial charge in [0.1, 0.15) is 0 Å². The first-order chi connectivity index (χ1) is 14.2. The van der Waals surface area contributed by atoms with Crippen molar-refractivity contribution in [1.82, 2.24) is 20.2 Å². The Hall–Kier alpha value is -3.55. The number of carbonyl (C=O) groups excluding carboxylic acids is 1. The first kappa shape index (κ1) is 18.8. The maximum absolute atomic E-state index is 12.4. The van der Waals surface area contributed by atoms with Crippen LogP contribution in [0, 0.1) is 0 Å². The second kappa shape index (κ2) is 8.64. The van der Waals surface area contributed by atoms with E-state index in [0.717, 1.165) is 50.1 Å². The summed E-state index contributed by atoms with van der Waals surface area (Å²) in [5.74, 6) is 1.25. The maximum atomic E-state index is 12.4. The number of nitrogens with zero attached hydrogens (tertiary/aromatic N) is 6. The van der Waals surface area contributed by atoms with Crippen molar-refractivity contribution < 1.29 is 4.79 Å². The molecule has 8 heteroatoms. The lowest BCUT2D eigenvalue weighted by Crippen LogP contribution is -2.47. The number of hydrogen-bond donors (Lipinski definition) is 1. The van der Waals surface area contributed by atoms with Gasteiger partial charge in [-0.2, -0.15) is 0 Å². The Balaban J connectivity index is 1.34. The van der Waals surface area contributed by atoms with Gasteiger partial charge in [0.15, 0.2) is 11.5 Å². The van der Waals surface area contributed by atoms with E-state index in [1.807, 2.05) is 36.4 Å². The quantitative estimate of drug-likeness (QED) is 0.717. The van der Waals surface area contributed by atoms with Gasteiger partial charge < -0.3 is 15.1 Å². The number of piperazine rings is 1. The summed E-state index contributed by atoms with van der Waals surface area (Å²) in [6, 6.07) is 13.2. The molecule has 0 atom stereocenters. The molecule has 1 N–H and O–H groups in total. The first-order valence-electron chi connectivity index (χ1n) is 9.74. The molecule has 1 aliphatic heterocycles. The molecular formula is C21H23N7O. The van der Waals surface area contributed by atoms with E-state index in [1.54, 1.807) is 18.5 Å². The lowest BCUT2D eigenvalue weighted by atomic mass is 10.1. The molecule has 3 heterocycles. The highest BCUT2D eigenvalue weighted by Gasteiger charge is 2.20. The minimum atomic E-state index is -0.264. The van der Waals surface area contributed by atoms with E-state index in [1.165, 1.54) is 5.56 Å². The number of nitrogens with one attached hydrogen (secondary N) is 1. The van der Waals surface area contributed by atoms with Crippen LogP contribution in [0.5, 0.6) is 0 Å². The van der Waals surface area contributed by atoms with E-state index in [9.17, 15) is 4.79 Å². The van der Waals surface area contributed by atoms with Crippen LogP contribution in [0.3, 0.4) is 0 Å². The number of aryl methyl sites for hydroxylation is 1. The summed E-state index contributed by atoms with van der Waals surface area (Å²) in [7, 11) is 0. The van der Waals surface area contributed by atoms with Crippen LogP contribution in [0.2, 0.25) is 0 Å². The number of benzene rings is 1. The van der Waals surface area contributed by atoms with Crippen LogP contribution in [-0.2, 0) is 6.42 Å². The molecule has 8 nitrogen and oxygen atoms in total. The molecule has 0 bridgehead atoms. The van der Waals surface area contributed by atoms with E-state index in [2.05, 4.69) is 42.2 Å². The Morgan fingerprint density at radius 2 is 1.62 bits per heavy atom. The number of hydrogen-bond acceptors (Lipinski definition) is 7. The minimum Gasteiger partial charge on any atom is -0.352 e. The van der Waals surface area contributed by atoms with Crippen molar-refractivity contribution in [2.24, 2.45) is 0 Å². The topological polar surface area (TPSA) is 87.1 Å². The van der Waals surface area contributed by atoms with E-state index in [0.29, 0.717) is 5.69 Å². The molecule has 1 saturated heterocycles. The van der Waals surface area contributed by atoms with Gasteiger partial charge in [-0.1, -0.05) is 19.1 Å². The largest absolute Gasteiger partial charge is 0.352 e. The van der Waals surface area contributed by atoms with E-state index in [4.69, 9.17) is 0 Å². The highest BCUT2D eigenvalue weighted by molar-refractivity contribution is 6.02. The summed E-state index contributed by atoms with van der Waals surface area (Å²) in [6.45, 7) is 5.30. The average molecular weight is 389 g/mol. The SMILES string of the molecule is CCc1ccc(NC(=O)c2ccc(N3CCN(c4ncccn4)CC3)nn2)cc1. The molecule has 0 aliphatic carbocycles. The molecular weight excluding hydrogens is 366 g/mol. The fraction of sp³-hybridized carbons (Fsp3) is 0.286. The van der Waals surface area contributed by atoms with Crippen molar-refractivity contribution in [1.29, 1.82) is 0 Å². The van der Waals surface area contributed by atoms with Gasteiger partial charge in [0, 0.05) is 44.3 Å². The molecule has 0 unspecified atom stereocenters. The van der Waals surface area contributed by atoms with Crippen molar-refractivity contribution in [3.63, 3.8) is 0 Å². The Kier molecular flexibility index (Phi) is 5.60. The van der Waals surface area contributed by atoms with Gasteiger partial charge in [0.2, 0.25) is 5.95 Å². The van der Waals surface area contributed by atoms with E-state index < -0.39 is 0 Å². The average Bonchev–Trinajstić information content (AvgIpc) is 2.80. The monoisotopic (exact) mass is 389 g/mol. The van der Waals surface area contributed by atoms with Gasteiger partial charge in [-0.3, -0.25) is 4.79 Å². The molecule has 2 aromatic heterocycles. The minimum absolute atomic E-state index is 0.264. The summed E-state index contributed by atoms with van der Waals surface area (Å²) < 4.78 is 0. The molecule has 1 amide bonds. The first-order valence-corrected chi connectivity index (χ1v) is 9.74. The summed E-state index contributed by atoms with van der Waals surface area (Å²) in [5, 5.41) is 11.2. The van der Waals surface area contributed by atoms with Crippen molar-refractivity contribution >= 4 is 23.4 Å². The lowest BCUT2D eigenvalue weighted by molar-refractivity contribution is 0.102. The number of rotatable bonds is 5. The van der Waals surface area contributed by atoms with Crippen LogP contribution < -0.4 is 15.1 Å². The fourth-order valence-electron chi connectivity index (χ4n) is 3.22. The third-order valence-electron chi connectivity index (χ3n) is 4.94. The Labute approximate surface area is 169 Å². The van der Waals surface area contributed by atoms with Gasteiger partial charge >= 0.3 is 0 Å². The Morgan fingerprint density at radius 1 is 0.931 bits per heavy atom. The Bertz CT molecular complexity index is 937. The second-order valence-corrected chi connectivity index (χ2v) is 6.80. The lowest BCUT2D eigenvalue weighted by Gasteiger charge is -2.35. The van der Waals surface area contributed by atoms with Crippen molar-refractivity contribution in [3.05, 3.63) is 66.1 Å². The third kappa shape index (κ3) is 4.48. The highest BCUT2D eigenvalue weighted by atomic mass is 16.1. The summed E-state index contributed by atoms with van der Waals surface area (Å²) >= 11 is 0. The van der Waals surface area contributed by atoms with Gasteiger partial charge in [-0.15, -0.1) is 10.2 Å². The zero-order valence-corrected chi connectivity index (χ0v) is 16.3. The third-order valence-corrected chi connectivity index (χ3v) is 4.94. The van der Waals surface area contributed by atoms with Crippen molar-refractivity contribution in [2.45, 2.75) is 13.3 Å². The molecule has 4 rings (SSSR count). The van der Waals surface area contributed by atoms with E-state index >= 15 is 0 Å². The number of carbonyl (C=O) groups is 1. The van der Waals surface area contributed by atoms with Crippen LogP contribution in [0.4, 0.5) is 17.5 Å². The maximum Gasteiger partial charge on any atom is 0.276 e. The summed E-state index contributed by atoms with van der Waals surface area (Å²) in [5.41, 5.74) is 2.27. The smallest absolute Gasteiger partial charge is 0.276 e. The predicted molar refractivity (Wildman–Crippen MR) is 112 cm³/mol. The van der Waals surface area contributed by atoms with Gasteiger partial charge in [0.25, 0.3) is 5.91 Å². The predicted octanol–water partition coefficient (Wildman–Crippen LogP) is 2.41. The molecule has 29 heavy (non-hydrogen) atoms.